The molecule has 0 unspecified atom stereocenters. The molecule has 148 valence electrons. The molecule has 0 aromatic heterocycles. The Morgan fingerprint density at radius 3 is 2.38 bits per heavy atom. The number of hydrogen-bond donors (Lipinski definition) is 1. The fourth-order valence-electron chi connectivity index (χ4n) is 2.34. The summed E-state index contributed by atoms with van der Waals surface area (Å²) in [5.74, 6) is -0.188. The van der Waals surface area contributed by atoms with Gasteiger partial charge in [0, 0.05) is 5.02 Å². The molecule has 3 aromatic rings. The van der Waals surface area contributed by atoms with Gasteiger partial charge in [-0.05, 0) is 67.1 Å². The van der Waals surface area contributed by atoms with Crippen LogP contribution in [0.15, 0.2) is 82.8 Å². The molecular weight excluding hydrogens is 412 g/mol. The smallest absolute Gasteiger partial charge is 0.343 e. The first-order chi connectivity index (χ1) is 13.8. The molecule has 0 aliphatic rings. The first-order valence-electron chi connectivity index (χ1n) is 8.53. The van der Waals surface area contributed by atoms with Gasteiger partial charge in [0.15, 0.2) is 0 Å². The number of halogens is 1. The summed E-state index contributed by atoms with van der Waals surface area (Å²) in [6.45, 7) is 1.87. The largest absolute Gasteiger partial charge is 0.423 e. The van der Waals surface area contributed by atoms with Crippen LogP contribution in [0.3, 0.4) is 0 Å². The van der Waals surface area contributed by atoms with Crippen molar-refractivity contribution in [2.45, 2.75) is 11.8 Å². The lowest BCUT2D eigenvalue weighted by molar-refractivity contribution is 0.0734. The van der Waals surface area contributed by atoms with Gasteiger partial charge in [-0.15, -0.1) is 0 Å². The van der Waals surface area contributed by atoms with Crippen LogP contribution in [0.1, 0.15) is 21.5 Å². The van der Waals surface area contributed by atoms with E-state index in [0.717, 1.165) is 5.56 Å². The zero-order valence-corrected chi connectivity index (χ0v) is 16.9. The highest BCUT2D eigenvalue weighted by atomic mass is 35.5. The summed E-state index contributed by atoms with van der Waals surface area (Å²) in [7, 11) is -3.73. The van der Waals surface area contributed by atoms with Gasteiger partial charge >= 0.3 is 5.97 Å². The summed E-state index contributed by atoms with van der Waals surface area (Å²) in [6.07, 6.45) is 1.36. The summed E-state index contributed by atoms with van der Waals surface area (Å²) in [4.78, 5) is 14.4. The summed E-state index contributed by atoms with van der Waals surface area (Å²) in [5, 5.41) is 4.22. The minimum atomic E-state index is -3.73. The molecule has 0 radical (unpaired) electrons. The molecule has 3 rings (SSSR count). The first-order valence-corrected chi connectivity index (χ1v) is 10.4. The second kappa shape index (κ2) is 8.89. The quantitative estimate of drug-likeness (QED) is 0.276. The molecule has 0 saturated carbocycles. The SMILES string of the molecule is Cc1ccc(S(=O)(=O)N/N=C/c2ccc(OC(=O)c3cccc(Cl)c3)cc2)cc1. The van der Waals surface area contributed by atoms with Crippen molar-refractivity contribution in [2.24, 2.45) is 5.10 Å². The fourth-order valence-corrected chi connectivity index (χ4v) is 3.33. The highest BCUT2D eigenvalue weighted by Gasteiger charge is 2.12. The van der Waals surface area contributed by atoms with Crippen LogP contribution >= 0.6 is 11.6 Å². The Kier molecular flexibility index (Phi) is 6.31. The van der Waals surface area contributed by atoms with Crippen LogP contribution in [0.25, 0.3) is 0 Å². The number of sulfonamides is 1. The van der Waals surface area contributed by atoms with Gasteiger partial charge in [0.1, 0.15) is 5.75 Å². The third-order valence-corrected chi connectivity index (χ3v) is 5.34. The van der Waals surface area contributed by atoms with Gasteiger partial charge in [-0.2, -0.15) is 13.5 Å². The number of nitrogens with zero attached hydrogens (tertiary/aromatic N) is 1. The first kappa shape index (κ1) is 20.6. The maximum absolute atomic E-state index is 12.2. The topological polar surface area (TPSA) is 84.8 Å². The fraction of sp³-hybridized carbons (Fsp3) is 0.0476. The maximum atomic E-state index is 12.2. The number of ether oxygens (including phenoxy) is 1. The third-order valence-electron chi connectivity index (χ3n) is 3.87. The van der Waals surface area contributed by atoms with Crippen molar-refractivity contribution in [3.8, 4) is 5.75 Å². The van der Waals surface area contributed by atoms with Gasteiger partial charge in [-0.1, -0.05) is 35.4 Å². The van der Waals surface area contributed by atoms with Crippen LogP contribution in [0.5, 0.6) is 5.75 Å². The Balaban J connectivity index is 1.61. The lowest BCUT2D eigenvalue weighted by atomic mass is 10.2. The third kappa shape index (κ3) is 5.66. The van der Waals surface area contributed by atoms with E-state index in [2.05, 4.69) is 9.93 Å². The molecule has 0 heterocycles. The zero-order chi connectivity index (χ0) is 20.9. The summed E-state index contributed by atoms with van der Waals surface area (Å²) in [6, 6.07) is 19.3. The Bertz CT molecular complexity index is 1140. The lowest BCUT2D eigenvalue weighted by Crippen LogP contribution is -2.18. The van der Waals surface area contributed by atoms with Gasteiger partial charge in [-0.3, -0.25) is 0 Å². The predicted molar refractivity (Wildman–Crippen MR) is 112 cm³/mol. The summed E-state index contributed by atoms with van der Waals surface area (Å²) < 4.78 is 29.6. The Morgan fingerprint density at radius 1 is 1.03 bits per heavy atom. The highest BCUT2D eigenvalue weighted by molar-refractivity contribution is 7.89. The van der Waals surface area contributed by atoms with E-state index in [1.807, 2.05) is 6.92 Å². The van der Waals surface area contributed by atoms with Gasteiger partial charge in [-0.25, -0.2) is 9.63 Å². The number of rotatable bonds is 6. The van der Waals surface area contributed by atoms with Crippen LogP contribution in [-0.4, -0.2) is 20.6 Å². The second-order valence-electron chi connectivity index (χ2n) is 6.13. The van der Waals surface area contributed by atoms with E-state index >= 15 is 0 Å². The van der Waals surface area contributed by atoms with E-state index in [4.69, 9.17) is 16.3 Å². The van der Waals surface area contributed by atoms with Crippen molar-refractivity contribution in [3.63, 3.8) is 0 Å². The summed E-state index contributed by atoms with van der Waals surface area (Å²) in [5.41, 5.74) is 1.93. The molecule has 29 heavy (non-hydrogen) atoms. The van der Waals surface area contributed by atoms with E-state index < -0.39 is 16.0 Å². The normalized spacial score (nSPS) is 11.4. The lowest BCUT2D eigenvalue weighted by Gasteiger charge is -2.05. The number of hydrogen-bond acceptors (Lipinski definition) is 5. The van der Waals surface area contributed by atoms with Crippen LogP contribution in [0, 0.1) is 6.92 Å². The van der Waals surface area contributed by atoms with Crippen molar-refractivity contribution in [1.29, 1.82) is 0 Å². The molecule has 0 amide bonds. The molecule has 0 aliphatic carbocycles. The number of esters is 1. The van der Waals surface area contributed by atoms with Crippen LogP contribution in [0.4, 0.5) is 0 Å². The van der Waals surface area contributed by atoms with E-state index in [-0.39, 0.29) is 4.90 Å². The van der Waals surface area contributed by atoms with Crippen LogP contribution < -0.4 is 9.57 Å². The van der Waals surface area contributed by atoms with Gasteiger partial charge in [0.25, 0.3) is 10.0 Å². The number of carbonyl (C=O) groups is 1. The van der Waals surface area contributed by atoms with Crippen molar-refractivity contribution in [3.05, 3.63) is 94.5 Å². The van der Waals surface area contributed by atoms with Crippen molar-refractivity contribution in [2.75, 3.05) is 0 Å². The molecule has 1 N–H and O–H groups in total. The average Bonchev–Trinajstić information content (AvgIpc) is 2.69. The molecule has 0 spiro atoms. The molecule has 0 fully saturated rings. The molecular formula is C21H17ClN2O4S. The predicted octanol–water partition coefficient (Wildman–Crippen LogP) is 4.18. The number of aryl methyl sites for hydroxylation is 1. The van der Waals surface area contributed by atoms with Gasteiger partial charge in [0.05, 0.1) is 16.7 Å². The van der Waals surface area contributed by atoms with Crippen molar-refractivity contribution < 1.29 is 17.9 Å². The van der Waals surface area contributed by atoms with E-state index in [1.165, 1.54) is 24.4 Å². The monoisotopic (exact) mass is 428 g/mol. The van der Waals surface area contributed by atoms with E-state index in [1.54, 1.807) is 54.6 Å². The molecule has 0 atom stereocenters. The number of nitrogens with one attached hydrogen (secondary N) is 1. The number of hydrazone groups is 1. The number of benzene rings is 3. The zero-order valence-electron chi connectivity index (χ0n) is 15.4. The van der Waals surface area contributed by atoms with E-state index in [0.29, 0.717) is 21.9 Å². The molecule has 8 heteroatoms. The molecule has 0 bridgehead atoms. The standard InChI is InChI=1S/C21H17ClN2O4S/c1-15-5-11-20(12-6-15)29(26,27)24-23-14-16-7-9-19(10-8-16)28-21(25)17-3-2-4-18(22)13-17/h2-14,24H,1H3/b23-14+. The van der Waals surface area contributed by atoms with Gasteiger partial charge < -0.3 is 4.74 Å². The average molecular weight is 429 g/mol. The maximum Gasteiger partial charge on any atom is 0.343 e. The highest BCUT2D eigenvalue weighted by Crippen LogP contribution is 2.16. The van der Waals surface area contributed by atoms with Crippen molar-refractivity contribution >= 4 is 33.8 Å². The molecule has 3 aromatic carbocycles. The Morgan fingerprint density at radius 2 is 1.72 bits per heavy atom. The van der Waals surface area contributed by atoms with Crippen LogP contribution in [-0.2, 0) is 10.0 Å². The second-order valence-corrected chi connectivity index (χ2v) is 8.23. The molecule has 0 aliphatic heterocycles. The Labute approximate surface area is 173 Å². The van der Waals surface area contributed by atoms with E-state index in [9.17, 15) is 13.2 Å². The summed E-state index contributed by atoms with van der Waals surface area (Å²) >= 11 is 5.87. The van der Waals surface area contributed by atoms with Crippen molar-refractivity contribution in [1.82, 2.24) is 4.83 Å². The van der Waals surface area contributed by atoms with Gasteiger partial charge in [0.2, 0.25) is 0 Å². The minimum absolute atomic E-state index is 0.128. The Hall–Kier alpha value is -3.16. The van der Waals surface area contributed by atoms with Crippen LogP contribution in [0.2, 0.25) is 5.02 Å². The minimum Gasteiger partial charge on any atom is -0.423 e. The molecule has 6 nitrogen and oxygen atoms in total. The number of carbonyl (C=O) groups excluding carboxylic acids is 1. The molecule has 0 saturated heterocycles.